The van der Waals surface area contributed by atoms with Gasteiger partial charge in [0.05, 0.1) is 13.2 Å². The first-order chi connectivity index (χ1) is 10.2. The zero-order valence-electron chi connectivity index (χ0n) is 13.5. The number of nitrogens with zero attached hydrogens (tertiary/aromatic N) is 1. The van der Waals surface area contributed by atoms with Crippen molar-refractivity contribution in [2.24, 2.45) is 0 Å². The first-order valence-corrected chi connectivity index (χ1v) is 8.21. The molecule has 0 aromatic heterocycles. The van der Waals surface area contributed by atoms with E-state index in [4.69, 9.17) is 9.47 Å². The number of morpholine rings is 1. The summed E-state index contributed by atoms with van der Waals surface area (Å²) in [5.41, 5.74) is 1.06. The second-order valence-corrected chi connectivity index (χ2v) is 6.50. The van der Waals surface area contributed by atoms with Gasteiger partial charge in [0.2, 0.25) is 0 Å². The van der Waals surface area contributed by atoms with E-state index >= 15 is 0 Å². The van der Waals surface area contributed by atoms with Crippen molar-refractivity contribution in [2.45, 2.75) is 56.8 Å². The first kappa shape index (κ1) is 14.9. The molecular weight excluding hydrogens is 262 g/mol. The molecule has 1 aliphatic carbocycles. The van der Waals surface area contributed by atoms with E-state index in [1.807, 2.05) is 6.07 Å². The highest BCUT2D eigenvalue weighted by Gasteiger charge is 2.45. The minimum absolute atomic E-state index is 0.193. The molecule has 0 N–H and O–H groups in total. The number of ether oxygens (including phenoxy) is 2. The van der Waals surface area contributed by atoms with Crippen LogP contribution < -0.4 is 4.74 Å². The maximum atomic E-state index is 6.69. The summed E-state index contributed by atoms with van der Waals surface area (Å²) in [5, 5.41) is 0. The SMILES string of the molecule is CC[C@@]1(c2cccc(OC)c2)CN(C)[C@@H]2CCCC[C@H]2O1. The van der Waals surface area contributed by atoms with Crippen molar-refractivity contribution in [3.63, 3.8) is 0 Å². The molecule has 3 rings (SSSR count). The molecule has 2 fully saturated rings. The topological polar surface area (TPSA) is 21.7 Å². The van der Waals surface area contributed by atoms with E-state index in [0.29, 0.717) is 12.1 Å². The number of fused-ring (bicyclic) bond motifs is 1. The Morgan fingerprint density at radius 1 is 1.33 bits per heavy atom. The quantitative estimate of drug-likeness (QED) is 0.849. The van der Waals surface area contributed by atoms with Crippen LogP contribution >= 0.6 is 0 Å². The molecule has 0 unspecified atom stereocenters. The molecule has 1 aliphatic heterocycles. The lowest BCUT2D eigenvalue weighted by Gasteiger charge is -2.51. The molecule has 0 amide bonds. The van der Waals surface area contributed by atoms with Crippen molar-refractivity contribution < 1.29 is 9.47 Å². The third-order valence-corrected chi connectivity index (χ3v) is 5.28. The van der Waals surface area contributed by atoms with Crippen LogP contribution in [0.15, 0.2) is 24.3 Å². The highest BCUT2D eigenvalue weighted by Crippen LogP contribution is 2.41. The van der Waals surface area contributed by atoms with Crippen LogP contribution in [-0.2, 0) is 10.3 Å². The molecule has 0 bridgehead atoms. The van der Waals surface area contributed by atoms with Gasteiger partial charge in [0.1, 0.15) is 11.4 Å². The van der Waals surface area contributed by atoms with E-state index in [1.54, 1.807) is 7.11 Å². The Balaban J connectivity index is 1.92. The number of benzene rings is 1. The lowest BCUT2D eigenvalue weighted by molar-refractivity contribution is -0.192. The van der Waals surface area contributed by atoms with Gasteiger partial charge in [-0.15, -0.1) is 0 Å². The second-order valence-electron chi connectivity index (χ2n) is 6.50. The molecular formula is C18H27NO2. The zero-order valence-corrected chi connectivity index (χ0v) is 13.5. The van der Waals surface area contributed by atoms with Gasteiger partial charge in [-0.05, 0) is 44.0 Å². The number of hydrogen-bond donors (Lipinski definition) is 0. The number of methoxy groups -OCH3 is 1. The Bertz CT molecular complexity index is 490. The predicted molar refractivity (Wildman–Crippen MR) is 84.7 cm³/mol. The third-order valence-electron chi connectivity index (χ3n) is 5.28. The van der Waals surface area contributed by atoms with Crippen LogP contribution in [0.4, 0.5) is 0 Å². The van der Waals surface area contributed by atoms with Gasteiger partial charge in [0.25, 0.3) is 0 Å². The van der Waals surface area contributed by atoms with Crippen molar-refractivity contribution in [1.82, 2.24) is 4.90 Å². The van der Waals surface area contributed by atoms with Gasteiger partial charge in [0.15, 0.2) is 0 Å². The van der Waals surface area contributed by atoms with E-state index in [2.05, 4.69) is 37.1 Å². The van der Waals surface area contributed by atoms with Gasteiger partial charge < -0.3 is 9.47 Å². The largest absolute Gasteiger partial charge is 0.497 e. The number of hydrogen-bond acceptors (Lipinski definition) is 3. The summed E-state index contributed by atoms with van der Waals surface area (Å²) in [5.74, 6) is 0.914. The zero-order chi connectivity index (χ0) is 14.9. The monoisotopic (exact) mass is 289 g/mol. The smallest absolute Gasteiger partial charge is 0.119 e. The molecule has 2 aliphatic rings. The lowest BCUT2D eigenvalue weighted by Crippen LogP contribution is -2.58. The van der Waals surface area contributed by atoms with E-state index in [0.717, 1.165) is 18.7 Å². The van der Waals surface area contributed by atoms with Gasteiger partial charge in [-0.25, -0.2) is 0 Å². The third kappa shape index (κ3) is 2.69. The Hall–Kier alpha value is -1.06. The fourth-order valence-electron chi connectivity index (χ4n) is 4.03. The summed E-state index contributed by atoms with van der Waals surface area (Å²) in [6.07, 6.45) is 6.48. The van der Waals surface area contributed by atoms with E-state index in [-0.39, 0.29) is 5.60 Å². The normalized spacial score (nSPS) is 33.5. The lowest BCUT2D eigenvalue weighted by atomic mass is 9.83. The van der Waals surface area contributed by atoms with Crippen molar-refractivity contribution in [1.29, 1.82) is 0 Å². The molecule has 1 aromatic carbocycles. The molecule has 3 heteroatoms. The molecule has 3 atom stereocenters. The van der Waals surface area contributed by atoms with Crippen molar-refractivity contribution in [3.05, 3.63) is 29.8 Å². The molecule has 1 saturated carbocycles. The number of rotatable bonds is 3. The van der Waals surface area contributed by atoms with Gasteiger partial charge in [-0.2, -0.15) is 0 Å². The van der Waals surface area contributed by atoms with Gasteiger partial charge in [0, 0.05) is 12.6 Å². The highest BCUT2D eigenvalue weighted by atomic mass is 16.5. The van der Waals surface area contributed by atoms with Crippen molar-refractivity contribution >= 4 is 0 Å². The fourth-order valence-corrected chi connectivity index (χ4v) is 4.03. The first-order valence-electron chi connectivity index (χ1n) is 8.21. The highest BCUT2D eigenvalue weighted by molar-refractivity contribution is 5.33. The minimum Gasteiger partial charge on any atom is -0.497 e. The molecule has 21 heavy (non-hydrogen) atoms. The summed E-state index contributed by atoms with van der Waals surface area (Å²) in [4.78, 5) is 2.52. The standard InChI is InChI=1S/C18H27NO2/c1-4-18(14-8-7-9-15(12-14)20-3)13-19(2)16-10-5-6-11-17(16)21-18/h7-9,12,16-17H,4-6,10-11,13H2,1-3H3/t16-,17-,18+/m1/s1. The van der Waals surface area contributed by atoms with Crippen molar-refractivity contribution in [2.75, 3.05) is 20.7 Å². The van der Waals surface area contributed by atoms with Crippen LogP contribution in [0.25, 0.3) is 0 Å². The summed E-state index contributed by atoms with van der Waals surface area (Å²) in [6, 6.07) is 9.00. The van der Waals surface area contributed by atoms with E-state index in [9.17, 15) is 0 Å². The van der Waals surface area contributed by atoms with E-state index < -0.39 is 0 Å². The summed E-state index contributed by atoms with van der Waals surface area (Å²) < 4.78 is 12.1. The molecule has 1 aromatic rings. The van der Waals surface area contributed by atoms with Crippen LogP contribution in [0, 0.1) is 0 Å². The average Bonchev–Trinajstić information content (AvgIpc) is 2.54. The predicted octanol–water partition coefficient (Wildman–Crippen LogP) is 3.57. The molecule has 1 heterocycles. The Morgan fingerprint density at radius 3 is 2.90 bits per heavy atom. The summed E-state index contributed by atoms with van der Waals surface area (Å²) in [7, 11) is 3.98. The van der Waals surface area contributed by atoms with Gasteiger partial charge >= 0.3 is 0 Å². The average molecular weight is 289 g/mol. The maximum absolute atomic E-state index is 6.69. The van der Waals surface area contributed by atoms with Gasteiger partial charge in [-0.1, -0.05) is 31.9 Å². The van der Waals surface area contributed by atoms with Crippen LogP contribution in [0.1, 0.15) is 44.6 Å². The molecule has 1 saturated heterocycles. The Labute approximate surface area is 128 Å². The maximum Gasteiger partial charge on any atom is 0.119 e. The molecule has 116 valence electrons. The summed E-state index contributed by atoms with van der Waals surface area (Å²) >= 11 is 0. The Kier molecular flexibility index (Phi) is 4.23. The van der Waals surface area contributed by atoms with Gasteiger partial charge in [-0.3, -0.25) is 4.90 Å². The number of likely N-dealkylation sites (N-methyl/N-ethyl adjacent to an activating group) is 1. The molecule has 0 spiro atoms. The van der Waals surface area contributed by atoms with Crippen LogP contribution in [0.3, 0.4) is 0 Å². The van der Waals surface area contributed by atoms with Crippen LogP contribution in [0.5, 0.6) is 5.75 Å². The second kappa shape index (κ2) is 5.98. The summed E-state index contributed by atoms with van der Waals surface area (Å²) in [6.45, 7) is 3.20. The minimum atomic E-state index is -0.193. The Morgan fingerprint density at radius 2 is 2.14 bits per heavy atom. The van der Waals surface area contributed by atoms with Crippen LogP contribution in [0.2, 0.25) is 0 Å². The van der Waals surface area contributed by atoms with Crippen molar-refractivity contribution in [3.8, 4) is 5.75 Å². The fraction of sp³-hybridized carbons (Fsp3) is 0.667. The molecule has 3 nitrogen and oxygen atoms in total. The van der Waals surface area contributed by atoms with E-state index in [1.165, 1.54) is 31.2 Å². The molecule has 0 radical (unpaired) electrons. The van der Waals surface area contributed by atoms with Crippen LogP contribution in [-0.4, -0.2) is 37.7 Å².